The van der Waals surface area contributed by atoms with E-state index in [2.05, 4.69) is 5.32 Å². The van der Waals surface area contributed by atoms with E-state index in [1.54, 1.807) is 19.2 Å². The van der Waals surface area contributed by atoms with Crippen LogP contribution < -0.4 is 5.32 Å². The number of nitrogens with one attached hydrogen (secondary N) is 1. The van der Waals surface area contributed by atoms with E-state index in [0.717, 1.165) is 37.1 Å². The van der Waals surface area contributed by atoms with Crippen molar-refractivity contribution >= 4 is 11.6 Å². The van der Waals surface area contributed by atoms with Crippen LogP contribution in [0.3, 0.4) is 0 Å². The summed E-state index contributed by atoms with van der Waals surface area (Å²) in [6, 6.07) is 16.1. The number of benzene rings is 2. The SMILES string of the molecule is CNC(Cc1ccccc1)(C(=O)N1CCCC1)c1ccc([N+](=O)[O-])cc1. The maximum absolute atomic E-state index is 13.5. The Morgan fingerprint density at radius 2 is 1.73 bits per heavy atom. The number of carbonyl (C=O) groups is 1. The van der Waals surface area contributed by atoms with Crippen LogP contribution in [0.4, 0.5) is 5.69 Å². The Balaban J connectivity index is 2.03. The third-order valence-electron chi connectivity index (χ3n) is 5.07. The molecule has 0 saturated carbocycles. The molecule has 26 heavy (non-hydrogen) atoms. The molecule has 1 amide bonds. The third kappa shape index (κ3) is 3.46. The third-order valence-corrected chi connectivity index (χ3v) is 5.07. The molecule has 1 unspecified atom stereocenters. The minimum Gasteiger partial charge on any atom is -0.341 e. The lowest BCUT2D eigenvalue weighted by Gasteiger charge is -2.36. The van der Waals surface area contributed by atoms with Crippen molar-refractivity contribution in [3.05, 3.63) is 75.8 Å². The van der Waals surface area contributed by atoms with Gasteiger partial charge < -0.3 is 10.2 Å². The number of hydrogen-bond acceptors (Lipinski definition) is 4. The van der Waals surface area contributed by atoms with E-state index in [-0.39, 0.29) is 11.6 Å². The van der Waals surface area contributed by atoms with E-state index in [4.69, 9.17) is 0 Å². The first-order valence-corrected chi connectivity index (χ1v) is 8.84. The van der Waals surface area contributed by atoms with E-state index in [0.29, 0.717) is 6.42 Å². The van der Waals surface area contributed by atoms with Crippen molar-refractivity contribution in [2.75, 3.05) is 20.1 Å². The molecule has 1 N–H and O–H groups in total. The Kier molecular flexibility index (Phi) is 5.32. The fourth-order valence-corrected chi connectivity index (χ4v) is 3.60. The number of rotatable bonds is 6. The number of likely N-dealkylation sites (tertiary alicyclic amines) is 1. The smallest absolute Gasteiger partial charge is 0.269 e. The first-order chi connectivity index (χ1) is 12.6. The zero-order valence-corrected chi connectivity index (χ0v) is 14.9. The molecular weight excluding hydrogens is 330 g/mol. The van der Waals surface area contributed by atoms with Crippen LogP contribution in [0.1, 0.15) is 24.0 Å². The number of hydrogen-bond donors (Lipinski definition) is 1. The van der Waals surface area contributed by atoms with Crippen molar-refractivity contribution in [3.8, 4) is 0 Å². The van der Waals surface area contributed by atoms with Gasteiger partial charge in [0.2, 0.25) is 5.91 Å². The summed E-state index contributed by atoms with van der Waals surface area (Å²) in [4.78, 5) is 25.9. The highest BCUT2D eigenvalue weighted by molar-refractivity contribution is 5.88. The molecule has 2 aromatic rings. The Morgan fingerprint density at radius 1 is 1.12 bits per heavy atom. The van der Waals surface area contributed by atoms with Crippen molar-refractivity contribution in [3.63, 3.8) is 0 Å². The molecule has 1 aliphatic heterocycles. The molecule has 0 aromatic heterocycles. The second-order valence-corrected chi connectivity index (χ2v) is 6.62. The molecule has 0 bridgehead atoms. The van der Waals surface area contributed by atoms with Gasteiger partial charge in [-0.2, -0.15) is 0 Å². The number of nitro groups is 1. The van der Waals surface area contributed by atoms with E-state index in [1.165, 1.54) is 12.1 Å². The average Bonchev–Trinajstić information content (AvgIpc) is 3.21. The standard InChI is InChI=1S/C20H23N3O3/c1-21-20(15-16-7-3-2-4-8-16,19(24)22-13-5-6-14-22)17-9-11-18(12-10-17)23(25)26/h2-4,7-12,21H,5-6,13-15H2,1H3. The number of amides is 1. The monoisotopic (exact) mass is 353 g/mol. The molecule has 1 atom stereocenters. The molecule has 136 valence electrons. The normalized spacial score (nSPS) is 16.3. The summed E-state index contributed by atoms with van der Waals surface area (Å²) in [6.07, 6.45) is 2.51. The summed E-state index contributed by atoms with van der Waals surface area (Å²) in [5.74, 6) is 0.0233. The Labute approximate surface area is 153 Å². The highest BCUT2D eigenvalue weighted by Crippen LogP contribution is 2.31. The zero-order chi connectivity index (χ0) is 18.6. The van der Waals surface area contributed by atoms with Gasteiger partial charge in [0.15, 0.2) is 0 Å². The Hall–Kier alpha value is -2.73. The quantitative estimate of drug-likeness (QED) is 0.640. The minimum absolute atomic E-state index is 0.0204. The van der Waals surface area contributed by atoms with Gasteiger partial charge in [0, 0.05) is 31.6 Å². The zero-order valence-electron chi connectivity index (χ0n) is 14.9. The molecule has 1 heterocycles. The molecule has 0 spiro atoms. The van der Waals surface area contributed by atoms with Crippen LogP contribution in [0.5, 0.6) is 0 Å². The maximum atomic E-state index is 13.5. The predicted molar refractivity (Wildman–Crippen MR) is 99.8 cm³/mol. The molecule has 6 nitrogen and oxygen atoms in total. The molecule has 0 aliphatic carbocycles. The fraction of sp³-hybridized carbons (Fsp3) is 0.350. The molecule has 6 heteroatoms. The van der Waals surface area contributed by atoms with Crippen LogP contribution in [-0.4, -0.2) is 35.9 Å². The average molecular weight is 353 g/mol. The summed E-state index contributed by atoms with van der Waals surface area (Å²) in [6.45, 7) is 1.51. The lowest BCUT2D eigenvalue weighted by atomic mass is 9.82. The lowest BCUT2D eigenvalue weighted by Crippen LogP contribution is -2.55. The van der Waals surface area contributed by atoms with E-state index >= 15 is 0 Å². The molecule has 1 aliphatic rings. The number of likely N-dealkylation sites (N-methyl/N-ethyl adjacent to an activating group) is 1. The van der Waals surface area contributed by atoms with Crippen molar-refractivity contribution in [2.24, 2.45) is 0 Å². The van der Waals surface area contributed by atoms with Crippen LogP contribution in [0.15, 0.2) is 54.6 Å². The van der Waals surface area contributed by atoms with Crippen molar-refractivity contribution in [1.29, 1.82) is 0 Å². The van der Waals surface area contributed by atoms with Crippen molar-refractivity contribution in [2.45, 2.75) is 24.8 Å². The van der Waals surface area contributed by atoms with E-state index < -0.39 is 10.5 Å². The highest BCUT2D eigenvalue weighted by Gasteiger charge is 2.42. The minimum atomic E-state index is -0.944. The van der Waals surface area contributed by atoms with Crippen LogP contribution in [-0.2, 0) is 16.8 Å². The number of nitro benzene ring substituents is 1. The first-order valence-electron chi connectivity index (χ1n) is 8.84. The van der Waals surface area contributed by atoms with Gasteiger partial charge in [-0.05, 0) is 43.1 Å². The van der Waals surface area contributed by atoms with Crippen LogP contribution >= 0.6 is 0 Å². The van der Waals surface area contributed by atoms with Gasteiger partial charge in [-0.25, -0.2) is 0 Å². The molecule has 1 saturated heterocycles. The van der Waals surface area contributed by atoms with Crippen LogP contribution in [0, 0.1) is 10.1 Å². The number of nitrogens with zero attached hydrogens (tertiary/aromatic N) is 2. The molecule has 0 radical (unpaired) electrons. The van der Waals surface area contributed by atoms with Gasteiger partial charge in [0.1, 0.15) is 5.54 Å². The summed E-state index contributed by atoms with van der Waals surface area (Å²) in [5, 5.41) is 14.2. The number of carbonyl (C=O) groups excluding carboxylic acids is 1. The van der Waals surface area contributed by atoms with E-state index in [1.807, 2.05) is 35.2 Å². The van der Waals surface area contributed by atoms with Gasteiger partial charge in [-0.3, -0.25) is 14.9 Å². The van der Waals surface area contributed by atoms with Crippen molar-refractivity contribution in [1.82, 2.24) is 10.2 Å². The number of non-ortho nitro benzene ring substituents is 1. The predicted octanol–water partition coefficient (Wildman–Crippen LogP) is 2.87. The molecular formula is C20H23N3O3. The Morgan fingerprint density at radius 3 is 2.27 bits per heavy atom. The van der Waals surface area contributed by atoms with Crippen LogP contribution in [0.25, 0.3) is 0 Å². The summed E-state index contributed by atoms with van der Waals surface area (Å²) < 4.78 is 0. The fourth-order valence-electron chi connectivity index (χ4n) is 3.60. The van der Waals surface area contributed by atoms with Gasteiger partial charge in [0.25, 0.3) is 5.69 Å². The van der Waals surface area contributed by atoms with Crippen molar-refractivity contribution < 1.29 is 9.72 Å². The lowest BCUT2D eigenvalue weighted by molar-refractivity contribution is -0.384. The molecule has 3 rings (SSSR count). The summed E-state index contributed by atoms with van der Waals surface area (Å²) in [7, 11) is 1.78. The second-order valence-electron chi connectivity index (χ2n) is 6.62. The largest absolute Gasteiger partial charge is 0.341 e. The topological polar surface area (TPSA) is 75.5 Å². The maximum Gasteiger partial charge on any atom is 0.269 e. The Bertz CT molecular complexity index is 771. The first kappa shape index (κ1) is 18.1. The van der Waals surface area contributed by atoms with Gasteiger partial charge in [-0.15, -0.1) is 0 Å². The summed E-state index contributed by atoms with van der Waals surface area (Å²) in [5.41, 5.74) is 0.854. The van der Waals surface area contributed by atoms with Crippen LogP contribution in [0.2, 0.25) is 0 Å². The van der Waals surface area contributed by atoms with Gasteiger partial charge in [0.05, 0.1) is 4.92 Å². The molecule has 2 aromatic carbocycles. The summed E-state index contributed by atoms with van der Waals surface area (Å²) >= 11 is 0. The van der Waals surface area contributed by atoms with Gasteiger partial charge >= 0.3 is 0 Å². The van der Waals surface area contributed by atoms with E-state index in [9.17, 15) is 14.9 Å². The highest BCUT2D eigenvalue weighted by atomic mass is 16.6. The van der Waals surface area contributed by atoms with Gasteiger partial charge in [-0.1, -0.05) is 30.3 Å². The second kappa shape index (κ2) is 7.66. The molecule has 1 fully saturated rings.